The first-order valence-electron chi connectivity index (χ1n) is 8.72. The maximum absolute atomic E-state index is 12.8. The first kappa shape index (κ1) is 16.7. The van der Waals surface area contributed by atoms with E-state index in [2.05, 4.69) is 72.3 Å². The van der Waals surface area contributed by atoms with E-state index in [1.54, 1.807) is 0 Å². The molecule has 126 valence electrons. The normalized spacial score (nSPS) is 18.6. The van der Waals surface area contributed by atoms with Gasteiger partial charge in [-0.1, -0.05) is 60.2 Å². The van der Waals surface area contributed by atoms with Gasteiger partial charge in [0.15, 0.2) is 0 Å². The third-order valence-corrected chi connectivity index (χ3v) is 4.84. The van der Waals surface area contributed by atoms with E-state index in [0.29, 0.717) is 6.42 Å². The molecule has 0 aromatic heterocycles. The second-order valence-corrected chi connectivity index (χ2v) is 6.76. The van der Waals surface area contributed by atoms with E-state index in [0.717, 1.165) is 26.1 Å². The van der Waals surface area contributed by atoms with Crippen molar-refractivity contribution in [1.82, 2.24) is 9.80 Å². The molecule has 1 saturated heterocycles. The minimum atomic E-state index is 0.162. The number of likely N-dealkylation sites (N-methyl/N-ethyl adjacent to an activating group) is 1. The summed E-state index contributed by atoms with van der Waals surface area (Å²) in [5.74, 6) is 0.262. The molecule has 1 aliphatic rings. The quantitative estimate of drug-likeness (QED) is 0.861. The van der Waals surface area contributed by atoms with Crippen molar-refractivity contribution < 1.29 is 4.79 Å². The van der Waals surface area contributed by atoms with Crippen LogP contribution in [0.15, 0.2) is 54.6 Å². The van der Waals surface area contributed by atoms with Gasteiger partial charge in [-0.2, -0.15) is 0 Å². The van der Waals surface area contributed by atoms with E-state index in [9.17, 15) is 4.79 Å². The lowest BCUT2D eigenvalue weighted by atomic mass is 10.0. The van der Waals surface area contributed by atoms with Gasteiger partial charge in [0, 0.05) is 26.1 Å². The molecule has 2 aromatic rings. The van der Waals surface area contributed by atoms with Crippen molar-refractivity contribution in [3.63, 3.8) is 0 Å². The van der Waals surface area contributed by atoms with Gasteiger partial charge in [0.2, 0.25) is 5.91 Å². The minimum absolute atomic E-state index is 0.162. The van der Waals surface area contributed by atoms with E-state index < -0.39 is 0 Å². The average molecular weight is 322 g/mol. The highest BCUT2D eigenvalue weighted by Crippen LogP contribution is 2.25. The molecule has 3 nitrogen and oxygen atoms in total. The van der Waals surface area contributed by atoms with E-state index in [1.807, 2.05) is 6.07 Å². The number of amides is 1. The number of hydrogen-bond donors (Lipinski definition) is 0. The summed E-state index contributed by atoms with van der Waals surface area (Å²) in [4.78, 5) is 17.2. The Labute approximate surface area is 144 Å². The van der Waals surface area contributed by atoms with Gasteiger partial charge < -0.3 is 9.80 Å². The molecule has 0 N–H and O–H groups in total. The van der Waals surface area contributed by atoms with E-state index in [-0.39, 0.29) is 11.9 Å². The van der Waals surface area contributed by atoms with Crippen molar-refractivity contribution in [2.45, 2.75) is 25.8 Å². The van der Waals surface area contributed by atoms with Crippen LogP contribution in [0.3, 0.4) is 0 Å². The van der Waals surface area contributed by atoms with Crippen molar-refractivity contribution in [2.75, 3.05) is 26.7 Å². The second kappa shape index (κ2) is 7.63. The van der Waals surface area contributed by atoms with Gasteiger partial charge >= 0.3 is 0 Å². The van der Waals surface area contributed by atoms with Crippen LogP contribution in [0.2, 0.25) is 0 Å². The zero-order valence-electron chi connectivity index (χ0n) is 14.6. The third kappa shape index (κ3) is 4.04. The molecular weight excluding hydrogens is 296 g/mol. The summed E-state index contributed by atoms with van der Waals surface area (Å²) in [5.41, 5.74) is 3.72. The Balaban J connectivity index is 1.68. The molecular formula is C21H26N2O. The number of nitrogens with zero attached hydrogens (tertiary/aromatic N) is 2. The third-order valence-electron chi connectivity index (χ3n) is 4.84. The Morgan fingerprint density at radius 1 is 1.04 bits per heavy atom. The van der Waals surface area contributed by atoms with Crippen molar-refractivity contribution in [1.29, 1.82) is 0 Å². The molecule has 3 heteroatoms. The highest BCUT2D eigenvalue weighted by molar-refractivity contribution is 5.77. The highest BCUT2D eigenvalue weighted by atomic mass is 16.2. The van der Waals surface area contributed by atoms with Crippen LogP contribution in [0.4, 0.5) is 0 Å². The summed E-state index contributed by atoms with van der Waals surface area (Å²) in [6.07, 6.45) is 1.39. The van der Waals surface area contributed by atoms with Crippen LogP contribution >= 0.6 is 0 Å². The Kier molecular flexibility index (Phi) is 5.31. The molecule has 2 aromatic carbocycles. The van der Waals surface area contributed by atoms with Crippen LogP contribution in [-0.4, -0.2) is 42.4 Å². The first-order valence-corrected chi connectivity index (χ1v) is 8.72. The van der Waals surface area contributed by atoms with Gasteiger partial charge in [0.25, 0.3) is 0 Å². The number of benzene rings is 2. The first-order chi connectivity index (χ1) is 11.6. The molecule has 1 fully saturated rings. The van der Waals surface area contributed by atoms with Crippen LogP contribution in [0.1, 0.15) is 29.2 Å². The van der Waals surface area contributed by atoms with Crippen LogP contribution in [0, 0.1) is 6.92 Å². The molecule has 1 amide bonds. The minimum Gasteiger partial charge on any atom is -0.333 e. The number of rotatable bonds is 4. The fourth-order valence-electron chi connectivity index (χ4n) is 3.33. The summed E-state index contributed by atoms with van der Waals surface area (Å²) in [6, 6.07) is 19.0. The van der Waals surface area contributed by atoms with E-state index >= 15 is 0 Å². The molecule has 0 spiro atoms. The molecule has 3 rings (SSSR count). The lowest BCUT2D eigenvalue weighted by Gasteiger charge is -2.40. The summed E-state index contributed by atoms with van der Waals surface area (Å²) in [5, 5.41) is 0. The fraction of sp³-hybridized carbons (Fsp3) is 0.381. The van der Waals surface area contributed by atoms with Gasteiger partial charge in [0.1, 0.15) is 0 Å². The zero-order chi connectivity index (χ0) is 16.9. The molecule has 1 aliphatic heterocycles. The standard InChI is InChI=1S/C21H26N2O/c1-17-8-10-18(11-9-17)12-13-21(24)23-15-14-22(2)16-20(23)19-6-4-3-5-7-19/h3-11,20H,12-16H2,1-2H3. The summed E-state index contributed by atoms with van der Waals surface area (Å²) >= 11 is 0. The molecule has 1 unspecified atom stereocenters. The molecule has 0 bridgehead atoms. The van der Waals surface area contributed by atoms with Crippen molar-refractivity contribution in [2.24, 2.45) is 0 Å². The van der Waals surface area contributed by atoms with Gasteiger partial charge in [0.05, 0.1) is 6.04 Å². The van der Waals surface area contributed by atoms with Crippen LogP contribution < -0.4 is 0 Å². The number of hydrogen-bond acceptors (Lipinski definition) is 2. The lowest BCUT2D eigenvalue weighted by molar-refractivity contribution is -0.136. The number of piperazine rings is 1. The van der Waals surface area contributed by atoms with Crippen LogP contribution in [0.5, 0.6) is 0 Å². The van der Waals surface area contributed by atoms with Gasteiger partial charge in [-0.05, 0) is 31.5 Å². The molecule has 1 atom stereocenters. The van der Waals surface area contributed by atoms with Crippen LogP contribution in [0.25, 0.3) is 0 Å². The zero-order valence-corrected chi connectivity index (χ0v) is 14.6. The topological polar surface area (TPSA) is 23.6 Å². The van der Waals surface area contributed by atoms with Gasteiger partial charge in [-0.3, -0.25) is 4.79 Å². The smallest absolute Gasteiger partial charge is 0.223 e. The fourth-order valence-corrected chi connectivity index (χ4v) is 3.33. The predicted molar refractivity (Wildman–Crippen MR) is 97.9 cm³/mol. The number of carbonyl (C=O) groups is 1. The summed E-state index contributed by atoms with van der Waals surface area (Å²) in [7, 11) is 2.13. The van der Waals surface area contributed by atoms with Gasteiger partial charge in [-0.15, -0.1) is 0 Å². The van der Waals surface area contributed by atoms with E-state index in [1.165, 1.54) is 16.7 Å². The molecule has 0 saturated carbocycles. The van der Waals surface area contributed by atoms with Crippen molar-refractivity contribution in [3.8, 4) is 0 Å². The molecule has 1 heterocycles. The maximum atomic E-state index is 12.8. The predicted octanol–water partition coefficient (Wildman–Crippen LogP) is 3.44. The molecule has 0 aliphatic carbocycles. The summed E-state index contributed by atoms with van der Waals surface area (Å²) < 4.78 is 0. The van der Waals surface area contributed by atoms with Crippen molar-refractivity contribution >= 4 is 5.91 Å². The average Bonchev–Trinajstić information content (AvgIpc) is 2.61. The number of aryl methyl sites for hydroxylation is 2. The lowest BCUT2D eigenvalue weighted by Crippen LogP contribution is -2.49. The Bertz CT molecular complexity index is 666. The Morgan fingerprint density at radius 3 is 2.46 bits per heavy atom. The molecule has 24 heavy (non-hydrogen) atoms. The van der Waals surface area contributed by atoms with Crippen molar-refractivity contribution in [3.05, 3.63) is 71.3 Å². The summed E-state index contributed by atoms with van der Waals surface area (Å²) in [6.45, 7) is 4.74. The van der Waals surface area contributed by atoms with Gasteiger partial charge in [-0.25, -0.2) is 0 Å². The Hall–Kier alpha value is -2.13. The maximum Gasteiger partial charge on any atom is 0.223 e. The Morgan fingerprint density at radius 2 is 1.75 bits per heavy atom. The second-order valence-electron chi connectivity index (χ2n) is 6.76. The SMILES string of the molecule is Cc1ccc(CCC(=O)N2CCN(C)CC2c2ccccc2)cc1. The number of carbonyl (C=O) groups excluding carboxylic acids is 1. The van der Waals surface area contributed by atoms with Crippen LogP contribution in [-0.2, 0) is 11.2 Å². The highest BCUT2D eigenvalue weighted by Gasteiger charge is 2.29. The monoisotopic (exact) mass is 322 g/mol. The van der Waals surface area contributed by atoms with E-state index in [4.69, 9.17) is 0 Å². The molecule has 0 radical (unpaired) electrons. The largest absolute Gasteiger partial charge is 0.333 e.